The highest BCUT2D eigenvalue weighted by molar-refractivity contribution is 9.11. The number of ether oxygens (including phenoxy) is 4. The van der Waals surface area contributed by atoms with Crippen molar-refractivity contribution < 1.29 is 23.7 Å². The monoisotopic (exact) mass is 822 g/mol. The molecule has 5 rings (SSSR count). The van der Waals surface area contributed by atoms with Crippen LogP contribution >= 0.6 is 66.4 Å². The van der Waals surface area contributed by atoms with Gasteiger partial charge in [0.25, 0.3) is 5.56 Å². The summed E-state index contributed by atoms with van der Waals surface area (Å²) < 4.78 is 26.3. The van der Waals surface area contributed by atoms with Crippen molar-refractivity contribution in [1.82, 2.24) is 4.57 Å². The van der Waals surface area contributed by atoms with E-state index in [0.717, 1.165) is 11.1 Å². The summed E-state index contributed by atoms with van der Waals surface area (Å²) in [5.74, 6) is 1.06. The largest absolute Gasteiger partial charge is 0.493 e. The van der Waals surface area contributed by atoms with Crippen LogP contribution in [0.2, 0.25) is 10.0 Å². The number of nitrogens with zero attached hydrogens (tertiary/aromatic N) is 2. The molecule has 0 aliphatic carbocycles. The molecule has 0 fully saturated rings. The Morgan fingerprint density at radius 1 is 1.09 bits per heavy atom. The van der Waals surface area contributed by atoms with Crippen LogP contribution in [-0.2, 0) is 16.1 Å². The number of halogens is 4. The third-order valence-electron chi connectivity index (χ3n) is 7.09. The van der Waals surface area contributed by atoms with E-state index in [4.69, 9.17) is 42.1 Å². The second-order valence-electron chi connectivity index (χ2n) is 10.7. The number of rotatable bonds is 10. The fourth-order valence-electron chi connectivity index (χ4n) is 5.05. The van der Waals surface area contributed by atoms with E-state index in [0.29, 0.717) is 56.8 Å². The van der Waals surface area contributed by atoms with E-state index in [2.05, 4.69) is 36.9 Å². The molecule has 0 spiro atoms. The van der Waals surface area contributed by atoms with Gasteiger partial charge in [0, 0.05) is 15.6 Å². The molecule has 2 heterocycles. The molecule has 3 aromatic carbocycles. The third kappa shape index (κ3) is 7.65. The number of carbonyl (C=O) groups is 1. The van der Waals surface area contributed by atoms with Gasteiger partial charge in [-0.3, -0.25) is 9.36 Å². The van der Waals surface area contributed by atoms with Gasteiger partial charge in [-0.25, -0.2) is 9.79 Å². The van der Waals surface area contributed by atoms with Gasteiger partial charge in [-0.05, 0) is 113 Å². The van der Waals surface area contributed by atoms with Crippen molar-refractivity contribution in [2.45, 2.75) is 46.4 Å². The molecule has 0 unspecified atom stereocenters. The van der Waals surface area contributed by atoms with Gasteiger partial charge in [0.2, 0.25) is 0 Å². The first-order valence-corrected chi connectivity index (χ1v) is 17.7. The predicted octanol–water partition coefficient (Wildman–Crippen LogP) is 8.00. The maximum absolute atomic E-state index is 14.1. The van der Waals surface area contributed by atoms with Crippen LogP contribution in [0.15, 0.2) is 78.5 Å². The fraction of sp³-hybridized carbons (Fsp3) is 0.265. The van der Waals surface area contributed by atoms with Crippen molar-refractivity contribution in [2.75, 3.05) is 13.7 Å². The molecular weight excluding hydrogens is 795 g/mol. The van der Waals surface area contributed by atoms with Crippen LogP contribution < -0.4 is 29.1 Å². The Morgan fingerprint density at radius 3 is 2.45 bits per heavy atom. The van der Waals surface area contributed by atoms with Crippen molar-refractivity contribution in [2.24, 2.45) is 4.99 Å². The molecule has 0 bridgehead atoms. The zero-order valence-electron chi connectivity index (χ0n) is 26.0. The first-order chi connectivity index (χ1) is 22.4. The number of allylic oxidation sites excluding steroid dienone is 1. The van der Waals surface area contributed by atoms with Crippen molar-refractivity contribution in [1.29, 1.82) is 0 Å². The van der Waals surface area contributed by atoms with Gasteiger partial charge >= 0.3 is 5.97 Å². The second-order valence-corrected chi connectivity index (χ2v) is 14.3. The number of fused-ring (bicyclic) bond motifs is 1. The zero-order chi connectivity index (χ0) is 34.0. The number of aromatic nitrogens is 1. The van der Waals surface area contributed by atoms with Crippen molar-refractivity contribution in [3.05, 3.63) is 115 Å². The van der Waals surface area contributed by atoms with E-state index >= 15 is 0 Å². The molecule has 1 aromatic heterocycles. The molecule has 0 N–H and O–H groups in total. The lowest BCUT2D eigenvalue weighted by Gasteiger charge is -2.25. The van der Waals surface area contributed by atoms with E-state index in [9.17, 15) is 9.59 Å². The number of hydrogen-bond donors (Lipinski definition) is 0. The van der Waals surface area contributed by atoms with Gasteiger partial charge in [0.1, 0.15) is 12.4 Å². The summed E-state index contributed by atoms with van der Waals surface area (Å²) in [6.07, 6.45) is 1.70. The molecule has 1 aliphatic heterocycles. The number of methoxy groups -OCH3 is 1. The number of benzene rings is 3. The Kier molecular flexibility index (Phi) is 11.2. The maximum atomic E-state index is 14.1. The first kappa shape index (κ1) is 35.2. The van der Waals surface area contributed by atoms with Crippen LogP contribution in [0.1, 0.15) is 50.4 Å². The summed E-state index contributed by atoms with van der Waals surface area (Å²) >= 11 is 20.8. The fourth-order valence-corrected chi connectivity index (χ4v) is 8.01. The highest BCUT2D eigenvalue weighted by Gasteiger charge is 2.34. The van der Waals surface area contributed by atoms with Gasteiger partial charge in [0.15, 0.2) is 16.3 Å². The Morgan fingerprint density at radius 2 is 1.81 bits per heavy atom. The smallest absolute Gasteiger partial charge is 0.338 e. The maximum Gasteiger partial charge on any atom is 0.338 e. The molecule has 4 aromatic rings. The van der Waals surface area contributed by atoms with Crippen molar-refractivity contribution >= 4 is 78.4 Å². The minimum Gasteiger partial charge on any atom is -0.493 e. The van der Waals surface area contributed by atoms with Crippen LogP contribution in [0.4, 0.5) is 0 Å². The summed E-state index contributed by atoms with van der Waals surface area (Å²) in [6, 6.07) is 13.5. The standard InChI is InChI=1S/C34H30Br2Cl2N2O6S/c1-6-44-33(42)29-18(4)39-34-40(30(29)20-8-10-26(46-17(2)3)27(14-20)43-5)32(41)28(47-34)13-19-11-23(35)31(24(36)12-19)45-16-21-7-9-22(37)15-25(21)38/h7-15,17,30H,6,16H2,1-5H3/b28-13-/t30-/m1/s1. The van der Waals surface area contributed by atoms with Gasteiger partial charge in [-0.15, -0.1) is 0 Å². The Bertz CT molecular complexity index is 2050. The zero-order valence-corrected chi connectivity index (χ0v) is 31.5. The minimum absolute atomic E-state index is 0.0765. The van der Waals surface area contributed by atoms with E-state index in [1.807, 2.05) is 38.1 Å². The highest BCUT2D eigenvalue weighted by atomic mass is 79.9. The molecule has 0 radical (unpaired) electrons. The van der Waals surface area contributed by atoms with Gasteiger partial charge < -0.3 is 18.9 Å². The lowest BCUT2D eigenvalue weighted by molar-refractivity contribution is -0.139. The minimum atomic E-state index is -0.802. The number of hydrogen-bond acceptors (Lipinski definition) is 8. The molecule has 0 amide bonds. The van der Waals surface area contributed by atoms with Crippen LogP contribution in [0.5, 0.6) is 17.2 Å². The molecule has 13 heteroatoms. The Labute approximate surface area is 302 Å². The molecule has 0 saturated heterocycles. The van der Waals surface area contributed by atoms with Crippen LogP contribution in [0.25, 0.3) is 6.08 Å². The Hall–Kier alpha value is -3.09. The average Bonchev–Trinajstić information content (AvgIpc) is 3.30. The molecule has 246 valence electrons. The van der Waals surface area contributed by atoms with E-state index in [1.165, 1.54) is 15.9 Å². The lowest BCUT2D eigenvalue weighted by atomic mass is 9.95. The molecule has 0 saturated carbocycles. The summed E-state index contributed by atoms with van der Waals surface area (Å²) in [4.78, 5) is 32.6. The quantitative estimate of drug-likeness (QED) is 0.151. The second kappa shape index (κ2) is 15.0. The van der Waals surface area contributed by atoms with Crippen LogP contribution in [0.3, 0.4) is 0 Å². The van der Waals surface area contributed by atoms with E-state index in [1.54, 1.807) is 51.3 Å². The number of thiazole rings is 1. The predicted molar refractivity (Wildman–Crippen MR) is 192 cm³/mol. The third-order valence-corrected chi connectivity index (χ3v) is 9.84. The normalized spacial score (nSPS) is 14.6. The van der Waals surface area contributed by atoms with Crippen molar-refractivity contribution in [3.8, 4) is 17.2 Å². The summed E-state index contributed by atoms with van der Waals surface area (Å²) in [5.41, 5.74) is 2.61. The summed E-state index contributed by atoms with van der Waals surface area (Å²) in [5, 5.41) is 1.05. The van der Waals surface area contributed by atoms with Gasteiger partial charge in [0.05, 0.1) is 50.6 Å². The Balaban J connectivity index is 1.57. The van der Waals surface area contributed by atoms with Crippen LogP contribution in [0, 0.1) is 0 Å². The lowest BCUT2D eigenvalue weighted by Crippen LogP contribution is -2.40. The molecule has 1 atom stereocenters. The topological polar surface area (TPSA) is 88.4 Å². The van der Waals surface area contributed by atoms with E-state index in [-0.39, 0.29) is 30.5 Å². The first-order valence-electron chi connectivity index (χ1n) is 14.5. The van der Waals surface area contributed by atoms with Crippen molar-refractivity contribution in [3.63, 3.8) is 0 Å². The number of carbonyl (C=O) groups excluding carboxylic acids is 1. The summed E-state index contributed by atoms with van der Waals surface area (Å²) in [7, 11) is 1.55. The van der Waals surface area contributed by atoms with Gasteiger partial charge in [-0.2, -0.15) is 0 Å². The molecule has 1 aliphatic rings. The van der Waals surface area contributed by atoms with Crippen LogP contribution in [-0.4, -0.2) is 30.4 Å². The average molecular weight is 825 g/mol. The van der Waals surface area contributed by atoms with E-state index < -0.39 is 12.0 Å². The van der Waals surface area contributed by atoms with Gasteiger partial charge in [-0.1, -0.05) is 46.7 Å². The molecular formula is C34H30Br2Cl2N2O6S. The molecule has 8 nitrogen and oxygen atoms in total. The summed E-state index contributed by atoms with van der Waals surface area (Å²) in [6.45, 7) is 7.72. The highest BCUT2D eigenvalue weighted by Crippen LogP contribution is 2.38. The SMILES string of the molecule is CCOC(=O)C1=C(C)N=c2s/c(=C\c3cc(Br)c(OCc4ccc(Cl)cc4Cl)c(Br)c3)c(=O)n2[C@@H]1c1ccc(OC(C)C)c(OC)c1. The molecule has 47 heavy (non-hydrogen) atoms. The number of esters is 1.